The average molecular weight is 396 g/mol. The number of nitrogens with zero attached hydrogens (tertiary/aromatic N) is 3. The van der Waals surface area contributed by atoms with Gasteiger partial charge in [0.05, 0.1) is 6.54 Å². The molecule has 0 bridgehead atoms. The van der Waals surface area contributed by atoms with Crippen molar-refractivity contribution in [2.45, 2.75) is 38.6 Å². The van der Waals surface area contributed by atoms with Gasteiger partial charge in [0.15, 0.2) is 0 Å². The number of hydrogen-bond donors (Lipinski definition) is 0. The number of para-hydroxylation sites is 1. The first-order valence-electron chi connectivity index (χ1n) is 10.5. The summed E-state index contributed by atoms with van der Waals surface area (Å²) in [4.78, 5) is 19.9. The first kappa shape index (κ1) is 19.9. The van der Waals surface area contributed by atoms with Crippen molar-refractivity contribution in [3.05, 3.63) is 59.9 Å². The van der Waals surface area contributed by atoms with Crippen LogP contribution in [0.1, 0.15) is 38.7 Å². The van der Waals surface area contributed by atoms with Crippen LogP contribution >= 0.6 is 0 Å². The van der Waals surface area contributed by atoms with Crippen molar-refractivity contribution in [1.82, 2.24) is 4.90 Å². The van der Waals surface area contributed by atoms with E-state index < -0.39 is 0 Å². The van der Waals surface area contributed by atoms with Gasteiger partial charge in [-0.3, -0.25) is 9.69 Å². The average Bonchev–Trinajstić information content (AvgIpc) is 2.69. The van der Waals surface area contributed by atoms with Crippen LogP contribution < -0.4 is 9.80 Å². The van der Waals surface area contributed by atoms with E-state index in [-0.39, 0.29) is 23.2 Å². The van der Waals surface area contributed by atoms with E-state index in [2.05, 4.69) is 54.8 Å². The summed E-state index contributed by atoms with van der Waals surface area (Å²) in [5.41, 5.74) is 2.75. The predicted molar refractivity (Wildman–Crippen MR) is 116 cm³/mol. The SMILES string of the molecule is C[C@@H]1CC(C)(C)N(C(=O)CN2CCN(c3ccccc3)CC2)c2ccc(F)cc21. The molecule has 2 heterocycles. The molecule has 2 aliphatic heterocycles. The van der Waals surface area contributed by atoms with Gasteiger partial charge in [-0.2, -0.15) is 0 Å². The number of halogens is 1. The molecule has 4 nitrogen and oxygen atoms in total. The number of piperazine rings is 1. The monoisotopic (exact) mass is 395 g/mol. The van der Waals surface area contributed by atoms with Gasteiger partial charge in [-0.05, 0) is 62.1 Å². The Bertz CT molecular complexity index is 875. The van der Waals surface area contributed by atoms with Gasteiger partial charge in [-0.25, -0.2) is 4.39 Å². The minimum Gasteiger partial charge on any atom is -0.369 e. The van der Waals surface area contributed by atoms with E-state index in [9.17, 15) is 9.18 Å². The molecule has 2 aromatic rings. The van der Waals surface area contributed by atoms with Crippen molar-refractivity contribution in [1.29, 1.82) is 0 Å². The van der Waals surface area contributed by atoms with Gasteiger partial charge >= 0.3 is 0 Å². The molecular weight excluding hydrogens is 365 g/mol. The summed E-state index contributed by atoms with van der Waals surface area (Å²) >= 11 is 0. The zero-order valence-electron chi connectivity index (χ0n) is 17.6. The van der Waals surface area contributed by atoms with Crippen molar-refractivity contribution in [3.8, 4) is 0 Å². The standard InChI is InChI=1S/C24H30FN3O/c1-18-16-24(2,3)28(22-10-9-19(25)15-21(18)22)23(29)17-26-11-13-27(14-12-26)20-7-5-4-6-8-20/h4-10,15,18H,11-14,16-17H2,1-3H3/t18-/m1/s1. The number of carbonyl (C=O) groups excluding carboxylic acids is 1. The van der Waals surface area contributed by atoms with Crippen LogP contribution in [0.5, 0.6) is 0 Å². The van der Waals surface area contributed by atoms with E-state index in [1.165, 1.54) is 11.8 Å². The van der Waals surface area contributed by atoms with Gasteiger partial charge in [-0.15, -0.1) is 0 Å². The van der Waals surface area contributed by atoms with Gasteiger partial charge in [-0.1, -0.05) is 25.1 Å². The van der Waals surface area contributed by atoms with Crippen molar-refractivity contribution in [2.75, 3.05) is 42.5 Å². The molecule has 1 saturated heterocycles. The van der Waals surface area contributed by atoms with E-state index in [0.29, 0.717) is 6.54 Å². The van der Waals surface area contributed by atoms with E-state index in [1.807, 2.05) is 11.0 Å². The molecule has 2 aliphatic rings. The number of benzene rings is 2. The fraction of sp³-hybridized carbons (Fsp3) is 0.458. The Morgan fingerprint density at radius 2 is 1.76 bits per heavy atom. The predicted octanol–water partition coefficient (Wildman–Crippen LogP) is 4.27. The maximum absolute atomic E-state index is 13.8. The van der Waals surface area contributed by atoms with E-state index in [1.54, 1.807) is 12.1 Å². The van der Waals surface area contributed by atoms with Crippen LogP contribution in [-0.2, 0) is 4.79 Å². The van der Waals surface area contributed by atoms with Gasteiger partial charge in [0, 0.05) is 43.1 Å². The summed E-state index contributed by atoms with van der Waals surface area (Å²) in [7, 11) is 0. The van der Waals surface area contributed by atoms with Crippen molar-refractivity contribution < 1.29 is 9.18 Å². The lowest BCUT2D eigenvalue weighted by Crippen LogP contribution is -2.56. The van der Waals surface area contributed by atoms with Crippen LogP contribution in [-0.4, -0.2) is 49.1 Å². The highest BCUT2D eigenvalue weighted by Gasteiger charge is 2.40. The number of amides is 1. The molecular formula is C24H30FN3O. The lowest BCUT2D eigenvalue weighted by molar-refractivity contribution is -0.121. The maximum Gasteiger partial charge on any atom is 0.241 e. The number of fused-ring (bicyclic) bond motifs is 1. The largest absolute Gasteiger partial charge is 0.369 e. The molecule has 1 atom stereocenters. The number of carbonyl (C=O) groups is 1. The molecule has 29 heavy (non-hydrogen) atoms. The van der Waals surface area contributed by atoms with Crippen molar-refractivity contribution in [2.24, 2.45) is 0 Å². The molecule has 154 valence electrons. The molecule has 0 aliphatic carbocycles. The zero-order chi connectivity index (χ0) is 20.6. The van der Waals surface area contributed by atoms with Crippen LogP contribution in [0.2, 0.25) is 0 Å². The van der Waals surface area contributed by atoms with Crippen LogP contribution in [0.3, 0.4) is 0 Å². The quantitative estimate of drug-likeness (QED) is 0.777. The minimum atomic E-state index is -0.285. The van der Waals surface area contributed by atoms with E-state index in [0.717, 1.165) is 43.9 Å². The van der Waals surface area contributed by atoms with Crippen LogP contribution in [0.25, 0.3) is 0 Å². The molecule has 5 heteroatoms. The molecule has 0 unspecified atom stereocenters. The second kappa shape index (κ2) is 7.79. The van der Waals surface area contributed by atoms with Crippen LogP contribution in [0, 0.1) is 5.82 Å². The third-order valence-corrected chi connectivity index (χ3v) is 6.27. The number of hydrogen-bond acceptors (Lipinski definition) is 3. The number of anilines is 2. The normalized spacial score (nSPS) is 21.7. The summed E-state index contributed by atoms with van der Waals surface area (Å²) < 4.78 is 13.8. The second-order valence-corrected chi connectivity index (χ2v) is 8.95. The minimum absolute atomic E-state index is 0.0999. The fourth-order valence-electron chi connectivity index (χ4n) is 4.94. The Balaban J connectivity index is 1.46. The van der Waals surface area contributed by atoms with Gasteiger partial charge in [0.1, 0.15) is 5.82 Å². The molecule has 0 N–H and O–H groups in total. The zero-order valence-corrected chi connectivity index (χ0v) is 17.6. The maximum atomic E-state index is 13.8. The third-order valence-electron chi connectivity index (χ3n) is 6.27. The van der Waals surface area contributed by atoms with Gasteiger partial charge in [0.25, 0.3) is 0 Å². The highest BCUT2D eigenvalue weighted by molar-refractivity contribution is 5.97. The van der Waals surface area contributed by atoms with Crippen LogP contribution in [0.4, 0.5) is 15.8 Å². The lowest BCUT2D eigenvalue weighted by atomic mass is 9.80. The third kappa shape index (κ3) is 4.01. The van der Waals surface area contributed by atoms with Gasteiger partial charge < -0.3 is 9.80 Å². The van der Waals surface area contributed by atoms with E-state index in [4.69, 9.17) is 0 Å². The fourth-order valence-corrected chi connectivity index (χ4v) is 4.94. The van der Waals surface area contributed by atoms with Gasteiger partial charge in [0.2, 0.25) is 5.91 Å². The lowest BCUT2D eigenvalue weighted by Gasteiger charge is -2.47. The second-order valence-electron chi connectivity index (χ2n) is 8.95. The molecule has 1 fully saturated rings. The summed E-state index contributed by atoms with van der Waals surface area (Å²) in [6, 6.07) is 15.2. The Kier molecular flexibility index (Phi) is 5.34. The van der Waals surface area contributed by atoms with E-state index >= 15 is 0 Å². The molecule has 0 spiro atoms. The topological polar surface area (TPSA) is 26.8 Å². The molecule has 2 aromatic carbocycles. The Morgan fingerprint density at radius 3 is 2.45 bits per heavy atom. The summed E-state index contributed by atoms with van der Waals surface area (Å²) in [6.45, 7) is 10.3. The first-order chi connectivity index (χ1) is 13.8. The van der Waals surface area contributed by atoms with Crippen molar-refractivity contribution >= 4 is 17.3 Å². The summed E-state index contributed by atoms with van der Waals surface area (Å²) in [6.07, 6.45) is 0.830. The van der Waals surface area contributed by atoms with Crippen LogP contribution in [0.15, 0.2) is 48.5 Å². The molecule has 0 aromatic heterocycles. The molecule has 4 rings (SSSR count). The smallest absolute Gasteiger partial charge is 0.241 e. The number of rotatable bonds is 3. The molecule has 1 amide bonds. The van der Waals surface area contributed by atoms with Crippen molar-refractivity contribution in [3.63, 3.8) is 0 Å². The Labute approximate surface area is 172 Å². The molecule has 0 radical (unpaired) electrons. The summed E-state index contributed by atoms with van der Waals surface area (Å²) in [5, 5.41) is 0. The highest BCUT2D eigenvalue weighted by Crippen LogP contribution is 2.43. The highest BCUT2D eigenvalue weighted by atomic mass is 19.1. The Hall–Kier alpha value is -2.40. The molecule has 0 saturated carbocycles. The Morgan fingerprint density at radius 1 is 1.07 bits per heavy atom. The summed E-state index contributed by atoms with van der Waals surface area (Å²) in [5.74, 6) is 0.0943. The first-order valence-corrected chi connectivity index (χ1v) is 10.5.